The summed E-state index contributed by atoms with van der Waals surface area (Å²) in [6.45, 7) is 3.78. The third kappa shape index (κ3) is 2.18. The van der Waals surface area contributed by atoms with Crippen LogP contribution in [0.1, 0.15) is 22.8 Å². The second kappa shape index (κ2) is 4.37. The van der Waals surface area contributed by atoms with Gasteiger partial charge in [0.25, 0.3) is 0 Å². The first-order valence-electron chi connectivity index (χ1n) is 6.23. The molecule has 0 unspecified atom stereocenters. The smallest absolute Gasteiger partial charge is 0.226 e. The first-order valence-corrected chi connectivity index (χ1v) is 6.23. The normalized spacial score (nSPS) is 14.6. The second-order valence-corrected chi connectivity index (χ2v) is 4.77. The van der Waals surface area contributed by atoms with Gasteiger partial charge in [0.15, 0.2) is 0 Å². The zero-order valence-electron chi connectivity index (χ0n) is 10.6. The van der Waals surface area contributed by atoms with Gasteiger partial charge in [-0.1, -0.05) is 24.3 Å². The van der Waals surface area contributed by atoms with E-state index in [1.807, 2.05) is 13.8 Å². The lowest BCUT2D eigenvalue weighted by Gasteiger charge is -2.12. The van der Waals surface area contributed by atoms with E-state index < -0.39 is 0 Å². The summed E-state index contributed by atoms with van der Waals surface area (Å²) in [5.41, 5.74) is 2.86. The highest BCUT2D eigenvalue weighted by molar-refractivity contribution is 5.38. The van der Waals surface area contributed by atoms with Gasteiger partial charge in [-0.3, -0.25) is 0 Å². The van der Waals surface area contributed by atoms with Crippen molar-refractivity contribution >= 4 is 5.95 Å². The summed E-state index contributed by atoms with van der Waals surface area (Å²) in [7, 11) is 0. The van der Waals surface area contributed by atoms with E-state index >= 15 is 0 Å². The molecule has 0 saturated heterocycles. The number of anilines is 1. The number of hydrogen-bond acceptors (Lipinski definition) is 4. The molecule has 4 nitrogen and oxygen atoms in total. The van der Waals surface area contributed by atoms with Gasteiger partial charge >= 0.3 is 0 Å². The molecule has 1 N–H and O–H groups in total. The zero-order valence-corrected chi connectivity index (χ0v) is 10.6. The summed E-state index contributed by atoms with van der Waals surface area (Å²) in [6, 6.07) is 8.97. The van der Waals surface area contributed by atoms with E-state index in [9.17, 15) is 0 Å². The standard InChI is InChI=1S/C14H16N4/c1-9-15-10(2)17-14(16-9)18-13-7-11-5-3-4-6-12(11)8-13/h3-6,13H,7-8H2,1-2H3,(H,15,16,17,18). The minimum atomic E-state index is 0.392. The lowest BCUT2D eigenvalue weighted by atomic mass is 10.1. The molecule has 2 aromatic rings. The van der Waals surface area contributed by atoms with Gasteiger partial charge in [0.2, 0.25) is 5.95 Å². The third-order valence-electron chi connectivity index (χ3n) is 3.24. The summed E-state index contributed by atoms with van der Waals surface area (Å²) in [5, 5.41) is 3.41. The van der Waals surface area contributed by atoms with Crippen molar-refractivity contribution in [3.63, 3.8) is 0 Å². The van der Waals surface area contributed by atoms with Crippen LogP contribution < -0.4 is 5.32 Å². The zero-order chi connectivity index (χ0) is 12.5. The summed E-state index contributed by atoms with van der Waals surface area (Å²) in [6.07, 6.45) is 2.08. The Morgan fingerprint density at radius 3 is 2.06 bits per heavy atom. The number of benzene rings is 1. The maximum atomic E-state index is 4.33. The maximum Gasteiger partial charge on any atom is 0.226 e. The van der Waals surface area contributed by atoms with Gasteiger partial charge in [-0.25, -0.2) is 4.98 Å². The Labute approximate surface area is 107 Å². The third-order valence-corrected chi connectivity index (χ3v) is 3.24. The number of rotatable bonds is 2. The van der Waals surface area contributed by atoms with Crippen LogP contribution in [-0.2, 0) is 12.8 Å². The summed E-state index contributed by atoms with van der Waals surface area (Å²) >= 11 is 0. The average molecular weight is 240 g/mol. The van der Waals surface area contributed by atoms with Crippen LogP contribution in [0, 0.1) is 13.8 Å². The van der Waals surface area contributed by atoms with Gasteiger partial charge in [0.1, 0.15) is 11.6 Å². The van der Waals surface area contributed by atoms with Crippen LogP contribution in [0.5, 0.6) is 0 Å². The van der Waals surface area contributed by atoms with Crippen molar-refractivity contribution < 1.29 is 0 Å². The lowest BCUT2D eigenvalue weighted by molar-refractivity contribution is 0.753. The van der Waals surface area contributed by atoms with Crippen LogP contribution in [0.15, 0.2) is 24.3 Å². The van der Waals surface area contributed by atoms with Crippen molar-refractivity contribution in [1.82, 2.24) is 15.0 Å². The van der Waals surface area contributed by atoms with Gasteiger partial charge in [0, 0.05) is 6.04 Å². The summed E-state index contributed by atoms with van der Waals surface area (Å²) < 4.78 is 0. The van der Waals surface area contributed by atoms with E-state index in [2.05, 4.69) is 44.5 Å². The lowest BCUT2D eigenvalue weighted by Crippen LogP contribution is -2.21. The summed E-state index contributed by atoms with van der Waals surface area (Å²) in [5.74, 6) is 2.22. The number of nitrogens with one attached hydrogen (secondary N) is 1. The minimum absolute atomic E-state index is 0.392. The molecule has 92 valence electrons. The number of nitrogens with zero attached hydrogens (tertiary/aromatic N) is 3. The number of aryl methyl sites for hydroxylation is 2. The molecule has 0 fully saturated rings. The Morgan fingerprint density at radius 2 is 1.50 bits per heavy atom. The van der Waals surface area contributed by atoms with Crippen molar-refractivity contribution in [3.05, 3.63) is 47.0 Å². The van der Waals surface area contributed by atoms with Crippen LogP contribution in [0.25, 0.3) is 0 Å². The van der Waals surface area contributed by atoms with E-state index in [1.54, 1.807) is 0 Å². The van der Waals surface area contributed by atoms with E-state index in [4.69, 9.17) is 0 Å². The first kappa shape index (κ1) is 11.1. The van der Waals surface area contributed by atoms with Crippen molar-refractivity contribution in [2.24, 2.45) is 0 Å². The van der Waals surface area contributed by atoms with Crippen molar-refractivity contribution in [3.8, 4) is 0 Å². The van der Waals surface area contributed by atoms with E-state index in [0.717, 1.165) is 24.5 Å². The molecule has 1 heterocycles. The van der Waals surface area contributed by atoms with Crippen molar-refractivity contribution in [1.29, 1.82) is 0 Å². The van der Waals surface area contributed by atoms with Gasteiger partial charge < -0.3 is 5.32 Å². The Hall–Kier alpha value is -1.97. The predicted octanol–water partition coefficient (Wildman–Crippen LogP) is 2.07. The van der Waals surface area contributed by atoms with Gasteiger partial charge in [-0.15, -0.1) is 0 Å². The molecular weight excluding hydrogens is 224 g/mol. The Balaban J connectivity index is 1.76. The highest BCUT2D eigenvalue weighted by Crippen LogP contribution is 2.23. The molecule has 1 aromatic carbocycles. The molecule has 1 aromatic heterocycles. The molecular formula is C14H16N4. The molecule has 1 aliphatic carbocycles. The fourth-order valence-corrected chi connectivity index (χ4v) is 2.52. The quantitative estimate of drug-likeness (QED) is 0.873. The fraction of sp³-hybridized carbons (Fsp3) is 0.357. The summed E-state index contributed by atoms with van der Waals surface area (Å²) in [4.78, 5) is 12.8. The van der Waals surface area contributed by atoms with Gasteiger partial charge in [-0.2, -0.15) is 9.97 Å². The second-order valence-electron chi connectivity index (χ2n) is 4.77. The van der Waals surface area contributed by atoms with Crippen LogP contribution in [0.3, 0.4) is 0 Å². The van der Waals surface area contributed by atoms with Gasteiger partial charge in [-0.05, 0) is 37.8 Å². The SMILES string of the molecule is Cc1nc(C)nc(NC2Cc3ccccc3C2)n1. The van der Waals surface area contributed by atoms with Crippen LogP contribution in [0.2, 0.25) is 0 Å². The number of hydrogen-bond donors (Lipinski definition) is 1. The number of fused-ring (bicyclic) bond motifs is 1. The highest BCUT2D eigenvalue weighted by atomic mass is 15.2. The molecule has 0 saturated carbocycles. The van der Waals surface area contributed by atoms with Crippen molar-refractivity contribution in [2.75, 3.05) is 5.32 Å². The maximum absolute atomic E-state index is 4.33. The molecule has 0 atom stereocenters. The largest absolute Gasteiger partial charge is 0.351 e. The molecule has 0 amide bonds. The molecule has 1 aliphatic rings. The molecule has 0 aliphatic heterocycles. The molecule has 18 heavy (non-hydrogen) atoms. The van der Waals surface area contributed by atoms with E-state index in [1.165, 1.54) is 11.1 Å². The highest BCUT2D eigenvalue weighted by Gasteiger charge is 2.21. The molecule has 0 radical (unpaired) electrons. The minimum Gasteiger partial charge on any atom is -0.351 e. The predicted molar refractivity (Wildman–Crippen MR) is 70.6 cm³/mol. The molecule has 0 spiro atoms. The van der Waals surface area contributed by atoms with Crippen LogP contribution in [0.4, 0.5) is 5.95 Å². The van der Waals surface area contributed by atoms with Crippen molar-refractivity contribution in [2.45, 2.75) is 32.7 Å². The monoisotopic (exact) mass is 240 g/mol. The fourth-order valence-electron chi connectivity index (χ4n) is 2.52. The molecule has 0 bridgehead atoms. The van der Waals surface area contributed by atoms with E-state index in [0.29, 0.717) is 12.0 Å². The Kier molecular flexibility index (Phi) is 2.70. The van der Waals surface area contributed by atoms with Crippen LogP contribution in [-0.4, -0.2) is 21.0 Å². The van der Waals surface area contributed by atoms with E-state index in [-0.39, 0.29) is 0 Å². The topological polar surface area (TPSA) is 50.7 Å². The molecule has 4 heteroatoms. The first-order chi connectivity index (χ1) is 8.70. The Morgan fingerprint density at radius 1 is 0.944 bits per heavy atom. The van der Waals surface area contributed by atoms with Gasteiger partial charge in [0.05, 0.1) is 0 Å². The number of aromatic nitrogens is 3. The van der Waals surface area contributed by atoms with Crippen LogP contribution >= 0.6 is 0 Å². The molecule has 3 rings (SSSR count). The Bertz CT molecular complexity index is 535. The average Bonchev–Trinajstić information content (AvgIpc) is 2.69.